The molecule has 0 aliphatic heterocycles. The Morgan fingerprint density at radius 1 is 1.25 bits per heavy atom. The summed E-state index contributed by atoms with van der Waals surface area (Å²) in [5.74, 6) is 0. The van der Waals surface area contributed by atoms with Crippen LogP contribution < -0.4 is 5.32 Å². The summed E-state index contributed by atoms with van der Waals surface area (Å²) in [5.41, 5.74) is 1.64. The van der Waals surface area contributed by atoms with Gasteiger partial charge >= 0.3 is 0 Å². The Morgan fingerprint density at radius 2 is 2.08 bits per heavy atom. The van der Waals surface area contributed by atoms with Gasteiger partial charge in [0.05, 0.1) is 0 Å². The molecule has 0 bridgehead atoms. The molecule has 0 saturated heterocycles. The van der Waals surface area contributed by atoms with Crippen molar-refractivity contribution in [2.24, 2.45) is 0 Å². The zero-order chi connectivity index (χ0) is 8.65. The molecule has 1 N–H and O–H groups in total. The van der Waals surface area contributed by atoms with Crippen molar-refractivity contribution >= 4 is 0 Å². The number of allylic oxidation sites excluding steroid dienone is 1. The van der Waals surface area contributed by atoms with E-state index in [4.69, 9.17) is 0 Å². The highest BCUT2D eigenvalue weighted by molar-refractivity contribution is 5.04. The summed E-state index contributed by atoms with van der Waals surface area (Å²) in [7, 11) is 0. The van der Waals surface area contributed by atoms with Crippen LogP contribution in [0.5, 0.6) is 0 Å². The molecular weight excluding hydrogens is 146 g/mol. The maximum absolute atomic E-state index is 3.40. The van der Waals surface area contributed by atoms with Gasteiger partial charge in [0, 0.05) is 6.54 Å². The topological polar surface area (TPSA) is 12.0 Å². The number of hydrogen-bond donors (Lipinski definition) is 1. The zero-order valence-corrected chi connectivity index (χ0v) is 8.23. The minimum absolute atomic E-state index is 1.09. The lowest BCUT2D eigenvalue weighted by Gasteiger charge is -2.11. The van der Waals surface area contributed by atoms with Gasteiger partial charge in [0.1, 0.15) is 0 Å². The first kappa shape index (κ1) is 9.79. The lowest BCUT2D eigenvalue weighted by atomic mass is 10.00. The molecule has 0 saturated carbocycles. The van der Waals surface area contributed by atoms with Gasteiger partial charge in [-0.2, -0.15) is 0 Å². The van der Waals surface area contributed by atoms with Crippen LogP contribution in [0.3, 0.4) is 0 Å². The molecule has 1 heteroatoms. The Bertz CT molecular complexity index is 138. The molecule has 0 aromatic rings. The number of rotatable bonds is 3. The summed E-state index contributed by atoms with van der Waals surface area (Å²) in [6.45, 7) is 4.39. The van der Waals surface area contributed by atoms with Gasteiger partial charge < -0.3 is 5.32 Å². The molecule has 0 radical (unpaired) electrons. The zero-order valence-electron chi connectivity index (χ0n) is 8.23. The fourth-order valence-electron chi connectivity index (χ4n) is 1.70. The second kappa shape index (κ2) is 6.24. The maximum Gasteiger partial charge on any atom is 0.0164 e. The van der Waals surface area contributed by atoms with E-state index in [0.29, 0.717) is 0 Å². The summed E-state index contributed by atoms with van der Waals surface area (Å²) < 4.78 is 0. The van der Waals surface area contributed by atoms with E-state index in [1.54, 1.807) is 5.57 Å². The molecule has 0 unspecified atom stereocenters. The van der Waals surface area contributed by atoms with Crippen LogP contribution in [-0.2, 0) is 0 Å². The van der Waals surface area contributed by atoms with E-state index in [-0.39, 0.29) is 0 Å². The summed E-state index contributed by atoms with van der Waals surface area (Å²) in [6.07, 6.45) is 10.7. The summed E-state index contributed by atoms with van der Waals surface area (Å²) in [4.78, 5) is 0. The predicted molar refractivity (Wildman–Crippen MR) is 54.3 cm³/mol. The fraction of sp³-hybridized carbons (Fsp3) is 0.818. The van der Waals surface area contributed by atoms with Crippen LogP contribution in [0, 0.1) is 0 Å². The van der Waals surface area contributed by atoms with E-state index in [2.05, 4.69) is 18.3 Å². The molecular formula is C11H21N. The van der Waals surface area contributed by atoms with Crippen molar-refractivity contribution in [1.82, 2.24) is 5.32 Å². The Hall–Kier alpha value is -0.300. The molecule has 70 valence electrons. The van der Waals surface area contributed by atoms with Crippen LogP contribution in [0.15, 0.2) is 11.6 Å². The third-order valence-electron chi connectivity index (χ3n) is 2.49. The fourth-order valence-corrected chi connectivity index (χ4v) is 1.70. The van der Waals surface area contributed by atoms with E-state index >= 15 is 0 Å². The van der Waals surface area contributed by atoms with Crippen LogP contribution in [0.25, 0.3) is 0 Å². The Morgan fingerprint density at radius 3 is 2.92 bits per heavy atom. The Balaban J connectivity index is 2.26. The normalized spacial score (nSPS) is 19.6. The second-order valence-corrected chi connectivity index (χ2v) is 3.60. The maximum atomic E-state index is 3.40. The monoisotopic (exact) mass is 167 g/mol. The minimum Gasteiger partial charge on any atom is -0.313 e. The van der Waals surface area contributed by atoms with Gasteiger partial charge in [0.2, 0.25) is 0 Å². The summed E-state index contributed by atoms with van der Waals surface area (Å²) >= 11 is 0. The lowest BCUT2D eigenvalue weighted by Crippen LogP contribution is -2.16. The average Bonchev–Trinajstić information content (AvgIpc) is 2.02. The first-order valence-corrected chi connectivity index (χ1v) is 5.32. The lowest BCUT2D eigenvalue weighted by molar-refractivity contribution is 0.609. The highest BCUT2D eigenvalue weighted by atomic mass is 14.8. The highest BCUT2D eigenvalue weighted by Gasteiger charge is 2.00. The van der Waals surface area contributed by atoms with Crippen molar-refractivity contribution < 1.29 is 0 Å². The Kier molecular flexibility index (Phi) is 5.09. The second-order valence-electron chi connectivity index (χ2n) is 3.60. The van der Waals surface area contributed by atoms with Crippen LogP contribution in [0.4, 0.5) is 0 Å². The third-order valence-corrected chi connectivity index (χ3v) is 2.49. The molecule has 1 aliphatic rings. The molecule has 0 atom stereocenters. The molecule has 0 fully saturated rings. The summed E-state index contributed by atoms with van der Waals surface area (Å²) in [5, 5.41) is 3.40. The molecule has 1 rings (SSSR count). The van der Waals surface area contributed by atoms with Crippen LogP contribution in [-0.4, -0.2) is 13.1 Å². The van der Waals surface area contributed by atoms with Crippen LogP contribution in [0.1, 0.15) is 45.4 Å². The van der Waals surface area contributed by atoms with Gasteiger partial charge in [-0.25, -0.2) is 0 Å². The van der Waals surface area contributed by atoms with Gasteiger partial charge in [0.15, 0.2) is 0 Å². The summed E-state index contributed by atoms with van der Waals surface area (Å²) in [6, 6.07) is 0. The van der Waals surface area contributed by atoms with Crippen molar-refractivity contribution in [3.8, 4) is 0 Å². The molecule has 0 aromatic carbocycles. The van der Waals surface area contributed by atoms with E-state index in [0.717, 1.165) is 13.1 Å². The molecule has 1 aliphatic carbocycles. The molecule has 1 nitrogen and oxygen atoms in total. The predicted octanol–water partition coefficient (Wildman–Crippen LogP) is 2.88. The van der Waals surface area contributed by atoms with Gasteiger partial charge in [-0.3, -0.25) is 0 Å². The number of nitrogens with one attached hydrogen (secondary N) is 1. The van der Waals surface area contributed by atoms with Gasteiger partial charge in [0.25, 0.3) is 0 Å². The minimum atomic E-state index is 1.09. The van der Waals surface area contributed by atoms with Gasteiger partial charge in [-0.05, 0) is 32.2 Å². The molecule has 0 amide bonds. The highest BCUT2D eigenvalue weighted by Crippen LogP contribution is 2.16. The number of hydrogen-bond acceptors (Lipinski definition) is 1. The van der Waals surface area contributed by atoms with E-state index in [1.165, 1.54) is 38.5 Å². The number of likely N-dealkylation sites (N-methyl/N-ethyl adjacent to an activating group) is 1. The standard InChI is InChI=1S/C11H21N/c1-2-12-10-11-8-6-4-3-5-7-9-11/h8,12H,2-7,9-10H2,1H3. The third kappa shape index (κ3) is 3.91. The van der Waals surface area contributed by atoms with E-state index < -0.39 is 0 Å². The van der Waals surface area contributed by atoms with Crippen molar-refractivity contribution in [2.45, 2.75) is 45.4 Å². The van der Waals surface area contributed by atoms with Crippen molar-refractivity contribution in [2.75, 3.05) is 13.1 Å². The van der Waals surface area contributed by atoms with Gasteiger partial charge in [-0.1, -0.05) is 31.4 Å². The average molecular weight is 167 g/mol. The Labute approximate surface area is 76.2 Å². The smallest absolute Gasteiger partial charge is 0.0164 e. The molecule has 0 aromatic heterocycles. The van der Waals surface area contributed by atoms with Gasteiger partial charge in [-0.15, -0.1) is 0 Å². The quantitative estimate of drug-likeness (QED) is 0.637. The molecule has 12 heavy (non-hydrogen) atoms. The SMILES string of the molecule is CCNCC1=CCCCCCC1. The van der Waals surface area contributed by atoms with Crippen LogP contribution in [0.2, 0.25) is 0 Å². The van der Waals surface area contributed by atoms with E-state index in [9.17, 15) is 0 Å². The van der Waals surface area contributed by atoms with Crippen molar-refractivity contribution in [3.05, 3.63) is 11.6 Å². The van der Waals surface area contributed by atoms with Crippen molar-refractivity contribution in [1.29, 1.82) is 0 Å². The first-order valence-electron chi connectivity index (χ1n) is 5.32. The van der Waals surface area contributed by atoms with Crippen molar-refractivity contribution in [3.63, 3.8) is 0 Å². The molecule has 0 spiro atoms. The van der Waals surface area contributed by atoms with Crippen LogP contribution >= 0.6 is 0 Å². The first-order chi connectivity index (χ1) is 5.93. The van der Waals surface area contributed by atoms with E-state index in [1.807, 2.05) is 0 Å². The molecule has 0 heterocycles. The largest absolute Gasteiger partial charge is 0.313 e.